The molecule has 154 valence electrons. The van der Waals surface area contributed by atoms with Crippen LogP contribution in [0.3, 0.4) is 0 Å². The maximum Gasteiger partial charge on any atom is 0.146 e. The molecule has 0 bridgehead atoms. The van der Waals surface area contributed by atoms with Crippen molar-refractivity contribution in [1.82, 2.24) is 4.90 Å². The summed E-state index contributed by atoms with van der Waals surface area (Å²) in [7, 11) is 1.70. The highest BCUT2D eigenvalue weighted by molar-refractivity contribution is 5.83. The molecular weight excluding hydrogens is 370 g/mol. The highest BCUT2D eigenvalue weighted by atomic mass is 16.7. The molecule has 3 aromatic rings. The van der Waals surface area contributed by atoms with E-state index in [9.17, 15) is 0 Å². The van der Waals surface area contributed by atoms with Crippen molar-refractivity contribution >= 4 is 0 Å². The van der Waals surface area contributed by atoms with Gasteiger partial charge in [0.25, 0.3) is 0 Å². The Bertz CT molecular complexity index is 955. The molecule has 3 aromatic carbocycles. The maximum atomic E-state index is 6.09. The Kier molecular flexibility index (Phi) is 5.43. The van der Waals surface area contributed by atoms with Gasteiger partial charge in [-0.1, -0.05) is 78.9 Å². The van der Waals surface area contributed by atoms with Crippen molar-refractivity contribution in [1.29, 1.82) is 0 Å². The summed E-state index contributed by atoms with van der Waals surface area (Å²) in [4.78, 5) is 2.67. The van der Waals surface area contributed by atoms with E-state index in [1.54, 1.807) is 7.11 Å². The SMILES string of the molecule is COCOC1CCCCN(C2(c3ccccc3)c3ccccc3-c3ccccc32)C1. The molecule has 1 unspecified atom stereocenters. The Labute approximate surface area is 179 Å². The Balaban J connectivity index is 1.72. The first-order chi connectivity index (χ1) is 14.9. The second kappa shape index (κ2) is 8.35. The summed E-state index contributed by atoms with van der Waals surface area (Å²) < 4.78 is 11.3. The Morgan fingerprint density at radius 2 is 1.47 bits per heavy atom. The van der Waals surface area contributed by atoms with Crippen LogP contribution in [0.5, 0.6) is 0 Å². The minimum Gasteiger partial charge on any atom is -0.359 e. The third kappa shape index (κ3) is 3.09. The number of methoxy groups -OCH3 is 1. The number of hydrogen-bond acceptors (Lipinski definition) is 3. The first-order valence-electron chi connectivity index (χ1n) is 11.0. The van der Waals surface area contributed by atoms with Crippen LogP contribution in [0.15, 0.2) is 78.9 Å². The van der Waals surface area contributed by atoms with Crippen LogP contribution >= 0.6 is 0 Å². The van der Waals surface area contributed by atoms with E-state index in [1.807, 2.05) is 0 Å². The zero-order valence-corrected chi connectivity index (χ0v) is 17.6. The smallest absolute Gasteiger partial charge is 0.146 e. The molecule has 0 spiro atoms. The average Bonchev–Trinajstić information content (AvgIpc) is 2.92. The Morgan fingerprint density at radius 3 is 2.13 bits per heavy atom. The van der Waals surface area contributed by atoms with E-state index < -0.39 is 0 Å². The van der Waals surface area contributed by atoms with Crippen molar-refractivity contribution in [3.05, 3.63) is 95.6 Å². The number of benzene rings is 3. The highest BCUT2D eigenvalue weighted by Gasteiger charge is 2.49. The van der Waals surface area contributed by atoms with Gasteiger partial charge in [0.1, 0.15) is 6.79 Å². The summed E-state index contributed by atoms with van der Waals surface area (Å²) in [5, 5.41) is 0. The van der Waals surface area contributed by atoms with Crippen LogP contribution in [0.1, 0.15) is 36.0 Å². The van der Waals surface area contributed by atoms with Crippen molar-refractivity contribution in [2.45, 2.75) is 30.9 Å². The molecule has 0 radical (unpaired) electrons. The van der Waals surface area contributed by atoms with Crippen molar-refractivity contribution < 1.29 is 9.47 Å². The summed E-state index contributed by atoms with van der Waals surface area (Å²) in [6.07, 6.45) is 3.60. The normalized spacial score (nSPS) is 20.4. The van der Waals surface area contributed by atoms with Gasteiger partial charge in [0.15, 0.2) is 0 Å². The van der Waals surface area contributed by atoms with Crippen molar-refractivity contribution in [3.8, 4) is 11.1 Å². The van der Waals surface area contributed by atoms with Crippen LogP contribution in [0.25, 0.3) is 11.1 Å². The molecule has 1 aliphatic carbocycles. The van der Waals surface area contributed by atoms with Gasteiger partial charge in [-0.15, -0.1) is 0 Å². The molecule has 2 aliphatic rings. The van der Waals surface area contributed by atoms with E-state index in [-0.39, 0.29) is 11.6 Å². The standard InChI is InChI=1S/C27H29NO2/c1-29-20-30-22-13-9-10-18-28(19-22)27(21-11-3-2-4-12-21)25-16-7-5-14-23(25)24-15-6-8-17-26(24)27/h2-8,11-12,14-17,22H,9-10,13,18-20H2,1H3. The lowest BCUT2D eigenvalue weighted by molar-refractivity contribution is -0.0840. The molecule has 5 rings (SSSR count). The van der Waals surface area contributed by atoms with Crippen LogP contribution in [0.4, 0.5) is 0 Å². The lowest BCUT2D eigenvalue weighted by atomic mass is 9.78. The van der Waals surface area contributed by atoms with E-state index in [4.69, 9.17) is 9.47 Å². The fraction of sp³-hybridized carbons (Fsp3) is 0.333. The van der Waals surface area contributed by atoms with E-state index in [1.165, 1.54) is 40.7 Å². The van der Waals surface area contributed by atoms with Crippen molar-refractivity contribution in [2.24, 2.45) is 0 Å². The number of rotatable bonds is 5. The highest BCUT2D eigenvalue weighted by Crippen LogP contribution is 2.54. The van der Waals surface area contributed by atoms with Gasteiger partial charge in [0, 0.05) is 13.7 Å². The van der Waals surface area contributed by atoms with Crippen LogP contribution in [-0.2, 0) is 15.0 Å². The largest absolute Gasteiger partial charge is 0.359 e. The lowest BCUT2D eigenvalue weighted by Gasteiger charge is -2.44. The van der Waals surface area contributed by atoms with Crippen LogP contribution < -0.4 is 0 Å². The second-order valence-electron chi connectivity index (χ2n) is 8.30. The summed E-state index contributed by atoms with van der Waals surface area (Å²) in [6.45, 7) is 2.29. The first kappa shape index (κ1) is 19.5. The number of fused-ring (bicyclic) bond motifs is 3. The zero-order valence-electron chi connectivity index (χ0n) is 17.6. The van der Waals surface area contributed by atoms with E-state index >= 15 is 0 Å². The minimum atomic E-state index is -0.298. The van der Waals surface area contributed by atoms with E-state index in [2.05, 4.69) is 83.8 Å². The molecule has 0 aromatic heterocycles. The Hall–Kier alpha value is -2.46. The van der Waals surface area contributed by atoms with Gasteiger partial charge in [0.05, 0.1) is 11.6 Å². The van der Waals surface area contributed by atoms with Crippen LogP contribution in [-0.4, -0.2) is 38.0 Å². The topological polar surface area (TPSA) is 21.7 Å². The van der Waals surface area contributed by atoms with Crippen LogP contribution in [0, 0.1) is 0 Å². The molecule has 1 aliphatic heterocycles. The van der Waals surface area contributed by atoms with Crippen molar-refractivity contribution in [3.63, 3.8) is 0 Å². The predicted molar refractivity (Wildman–Crippen MR) is 120 cm³/mol. The molecule has 3 heteroatoms. The molecular formula is C27H29NO2. The fourth-order valence-electron chi connectivity index (χ4n) is 5.43. The number of nitrogens with zero attached hydrogens (tertiary/aromatic N) is 1. The summed E-state index contributed by atoms with van der Waals surface area (Å²) in [6, 6.07) is 28.9. The third-order valence-electron chi connectivity index (χ3n) is 6.64. The van der Waals surface area contributed by atoms with Crippen LogP contribution in [0.2, 0.25) is 0 Å². The molecule has 1 heterocycles. The molecule has 1 saturated heterocycles. The zero-order chi connectivity index (χ0) is 20.4. The van der Waals surface area contributed by atoms with Crippen molar-refractivity contribution in [2.75, 3.05) is 27.0 Å². The molecule has 0 N–H and O–H groups in total. The molecule has 1 fully saturated rings. The molecule has 30 heavy (non-hydrogen) atoms. The van der Waals surface area contributed by atoms with Gasteiger partial charge >= 0.3 is 0 Å². The van der Waals surface area contributed by atoms with Gasteiger partial charge in [-0.2, -0.15) is 0 Å². The number of hydrogen-bond donors (Lipinski definition) is 0. The quantitative estimate of drug-likeness (QED) is 0.534. The molecule has 3 nitrogen and oxygen atoms in total. The maximum absolute atomic E-state index is 6.09. The lowest BCUT2D eigenvalue weighted by Crippen LogP contribution is -2.49. The van der Waals surface area contributed by atoms with Gasteiger partial charge < -0.3 is 9.47 Å². The fourth-order valence-corrected chi connectivity index (χ4v) is 5.43. The monoisotopic (exact) mass is 399 g/mol. The summed E-state index contributed by atoms with van der Waals surface area (Å²) in [5.41, 5.74) is 6.48. The van der Waals surface area contributed by atoms with Gasteiger partial charge in [-0.3, -0.25) is 4.90 Å². The number of ether oxygens (including phenoxy) is 2. The Morgan fingerprint density at radius 1 is 0.833 bits per heavy atom. The van der Waals surface area contributed by atoms with Gasteiger partial charge in [0.2, 0.25) is 0 Å². The summed E-state index contributed by atoms with van der Waals surface area (Å²) >= 11 is 0. The van der Waals surface area contributed by atoms with Gasteiger partial charge in [-0.05, 0) is 53.6 Å². The predicted octanol–water partition coefficient (Wildman–Crippen LogP) is 5.43. The molecule has 0 amide bonds. The minimum absolute atomic E-state index is 0.174. The number of likely N-dealkylation sites (tertiary alicyclic amines) is 1. The van der Waals surface area contributed by atoms with Gasteiger partial charge in [-0.25, -0.2) is 0 Å². The average molecular weight is 400 g/mol. The third-order valence-corrected chi connectivity index (χ3v) is 6.64. The molecule has 0 saturated carbocycles. The van der Waals surface area contributed by atoms with E-state index in [0.29, 0.717) is 6.79 Å². The second-order valence-corrected chi connectivity index (χ2v) is 8.30. The first-order valence-corrected chi connectivity index (χ1v) is 11.0. The summed E-state index contributed by atoms with van der Waals surface area (Å²) in [5.74, 6) is 0. The molecule has 1 atom stereocenters. The van der Waals surface area contributed by atoms with E-state index in [0.717, 1.165) is 19.5 Å².